The summed E-state index contributed by atoms with van der Waals surface area (Å²) in [6.45, 7) is 3.14. The number of nitrogens with zero attached hydrogens (tertiary/aromatic N) is 2. The third kappa shape index (κ3) is 5.40. The topological polar surface area (TPSA) is 88.3 Å². The van der Waals surface area contributed by atoms with Crippen molar-refractivity contribution in [1.29, 1.82) is 0 Å². The van der Waals surface area contributed by atoms with E-state index < -0.39 is 6.09 Å². The first-order chi connectivity index (χ1) is 20.4. The van der Waals surface area contributed by atoms with Crippen molar-refractivity contribution in [3.8, 4) is 17.2 Å². The number of ether oxygens (including phenoxy) is 4. The first kappa shape index (κ1) is 28.3. The molecule has 0 bridgehead atoms. The molecular formula is C33H40N4O5. The second-order valence-electron chi connectivity index (χ2n) is 11.7. The smallest absolute Gasteiger partial charge is 0.416 e. The molecule has 9 nitrogen and oxygen atoms in total. The van der Waals surface area contributed by atoms with Crippen molar-refractivity contribution in [1.82, 2.24) is 20.1 Å². The molecular weight excluding hydrogens is 532 g/mol. The summed E-state index contributed by atoms with van der Waals surface area (Å²) >= 11 is 0. The zero-order valence-corrected chi connectivity index (χ0v) is 24.8. The Kier molecular flexibility index (Phi) is 7.98. The summed E-state index contributed by atoms with van der Waals surface area (Å²) in [5, 5.41) is 3.63. The van der Waals surface area contributed by atoms with Crippen molar-refractivity contribution in [2.75, 3.05) is 47.9 Å². The molecule has 3 aromatic rings. The fourth-order valence-corrected chi connectivity index (χ4v) is 6.52. The molecule has 2 aliphatic heterocycles. The maximum atomic E-state index is 12.6. The van der Waals surface area contributed by atoms with Crippen molar-refractivity contribution in [3.63, 3.8) is 0 Å². The summed E-state index contributed by atoms with van der Waals surface area (Å²) in [6, 6.07) is 9.87. The van der Waals surface area contributed by atoms with Gasteiger partial charge in [-0.05, 0) is 75.9 Å². The van der Waals surface area contributed by atoms with Gasteiger partial charge >= 0.3 is 6.09 Å². The van der Waals surface area contributed by atoms with Crippen LogP contribution in [-0.4, -0.2) is 81.0 Å². The molecule has 2 aromatic carbocycles. The van der Waals surface area contributed by atoms with Gasteiger partial charge in [-0.25, -0.2) is 4.79 Å². The number of fused-ring (bicyclic) bond motifs is 1. The summed E-state index contributed by atoms with van der Waals surface area (Å²) in [6.07, 6.45) is 11.8. The number of H-pyrrole nitrogens is 1. The first-order valence-corrected chi connectivity index (χ1v) is 14.6. The number of rotatable bonds is 9. The van der Waals surface area contributed by atoms with E-state index in [1.54, 1.807) is 19.4 Å². The van der Waals surface area contributed by atoms with Crippen molar-refractivity contribution in [2.45, 2.75) is 43.4 Å². The van der Waals surface area contributed by atoms with Crippen LogP contribution in [0.15, 0.2) is 61.0 Å². The quantitative estimate of drug-likeness (QED) is 0.358. The average Bonchev–Trinajstić information content (AvgIpc) is 3.51. The fourth-order valence-electron chi connectivity index (χ4n) is 6.52. The second kappa shape index (κ2) is 11.8. The van der Waals surface area contributed by atoms with Crippen LogP contribution in [0.4, 0.5) is 4.79 Å². The maximum absolute atomic E-state index is 12.6. The van der Waals surface area contributed by atoms with Gasteiger partial charge in [0.1, 0.15) is 11.9 Å². The first-order valence-electron chi connectivity index (χ1n) is 14.6. The number of aromatic amines is 1. The van der Waals surface area contributed by atoms with E-state index in [2.05, 4.69) is 45.4 Å². The van der Waals surface area contributed by atoms with E-state index in [0.717, 1.165) is 66.9 Å². The van der Waals surface area contributed by atoms with E-state index in [-0.39, 0.29) is 17.6 Å². The molecule has 1 aromatic heterocycles. The molecule has 1 aliphatic carbocycles. The van der Waals surface area contributed by atoms with Crippen LogP contribution >= 0.6 is 0 Å². The van der Waals surface area contributed by atoms with Crippen molar-refractivity contribution >= 4 is 17.0 Å². The van der Waals surface area contributed by atoms with E-state index >= 15 is 0 Å². The van der Waals surface area contributed by atoms with Crippen LogP contribution in [0.2, 0.25) is 0 Å². The summed E-state index contributed by atoms with van der Waals surface area (Å²) in [5.74, 6) is 2.20. The van der Waals surface area contributed by atoms with Crippen LogP contribution in [-0.2, 0) is 23.1 Å². The number of hydrogen-bond donors (Lipinski definition) is 2. The Balaban J connectivity index is 1.05. The zero-order valence-electron chi connectivity index (χ0n) is 24.8. The Labute approximate surface area is 247 Å². The van der Waals surface area contributed by atoms with Crippen molar-refractivity contribution in [2.24, 2.45) is 0 Å². The number of aromatic nitrogens is 1. The van der Waals surface area contributed by atoms with Gasteiger partial charge in [-0.3, -0.25) is 5.32 Å². The number of nitrogens with one attached hydrogen (secondary N) is 2. The van der Waals surface area contributed by atoms with Crippen molar-refractivity contribution < 1.29 is 23.7 Å². The van der Waals surface area contributed by atoms with Gasteiger partial charge in [0.05, 0.1) is 25.2 Å². The van der Waals surface area contributed by atoms with E-state index in [1.807, 2.05) is 44.6 Å². The highest BCUT2D eigenvalue weighted by Gasteiger charge is 2.52. The van der Waals surface area contributed by atoms with Gasteiger partial charge in [0.2, 0.25) is 0 Å². The Morgan fingerprint density at radius 3 is 2.98 bits per heavy atom. The van der Waals surface area contributed by atoms with Gasteiger partial charge in [-0.1, -0.05) is 24.3 Å². The number of hydrogen-bond acceptors (Lipinski definition) is 7. The molecule has 3 heterocycles. The van der Waals surface area contributed by atoms with Crippen LogP contribution in [0.3, 0.4) is 0 Å². The van der Waals surface area contributed by atoms with Gasteiger partial charge < -0.3 is 33.7 Å². The largest absolute Gasteiger partial charge is 0.493 e. The molecule has 9 heteroatoms. The van der Waals surface area contributed by atoms with Crippen LogP contribution < -0.4 is 19.5 Å². The molecule has 0 unspecified atom stereocenters. The molecule has 1 amide bonds. The maximum Gasteiger partial charge on any atom is 0.416 e. The normalized spacial score (nSPS) is 23.1. The molecule has 2 N–H and O–H groups in total. The molecule has 6 rings (SSSR count). The van der Waals surface area contributed by atoms with Crippen molar-refractivity contribution in [3.05, 3.63) is 77.6 Å². The van der Waals surface area contributed by atoms with E-state index in [9.17, 15) is 4.79 Å². The minimum absolute atomic E-state index is 0.0140. The fraction of sp³-hybridized carbons (Fsp3) is 0.424. The van der Waals surface area contributed by atoms with Crippen LogP contribution in [0.1, 0.15) is 29.5 Å². The van der Waals surface area contributed by atoms with E-state index in [0.29, 0.717) is 12.4 Å². The van der Waals surface area contributed by atoms with Crippen LogP contribution in [0, 0.1) is 0 Å². The zero-order chi connectivity index (χ0) is 29.3. The van der Waals surface area contributed by atoms with Crippen LogP contribution in [0.25, 0.3) is 10.9 Å². The van der Waals surface area contributed by atoms with Gasteiger partial charge in [0, 0.05) is 48.4 Å². The monoisotopic (exact) mass is 572 g/mol. The van der Waals surface area contributed by atoms with Gasteiger partial charge in [-0.15, -0.1) is 0 Å². The molecule has 222 valence electrons. The standard InChI is InChI=1S/C33H40N4O5/c1-36(2)16-12-22-20-35-25-7-5-8-26(29(22)25)41-32(38)34-15-6-18-40-24-11-13-33-14-17-37(3)21-23-9-10-27(39-4)31(30(23)33)42-28(33)19-24/h5-11,13,15,20,24,28,35H,12,14,16-19,21H2,1-4H3,(H,34,38)/b15-6+/t24-,28-,33-/m0/s1. The summed E-state index contributed by atoms with van der Waals surface area (Å²) in [4.78, 5) is 20.3. The minimum atomic E-state index is -0.543. The minimum Gasteiger partial charge on any atom is -0.493 e. The number of carbonyl (C=O) groups is 1. The number of benzene rings is 2. The number of carbonyl (C=O) groups excluding carboxylic acids is 1. The Bertz CT molecular complexity index is 1510. The highest BCUT2D eigenvalue weighted by molar-refractivity contribution is 5.91. The predicted molar refractivity (Wildman–Crippen MR) is 162 cm³/mol. The average molecular weight is 573 g/mol. The Morgan fingerprint density at radius 1 is 1.26 bits per heavy atom. The summed E-state index contributed by atoms with van der Waals surface area (Å²) in [7, 11) is 7.95. The second-order valence-corrected chi connectivity index (χ2v) is 11.7. The predicted octanol–water partition coefficient (Wildman–Crippen LogP) is 4.76. The molecule has 1 spiro atoms. The van der Waals surface area contributed by atoms with E-state index in [4.69, 9.17) is 18.9 Å². The lowest BCUT2D eigenvalue weighted by Gasteiger charge is -2.36. The lowest BCUT2D eigenvalue weighted by Crippen LogP contribution is -2.43. The number of methoxy groups -OCH3 is 1. The highest BCUT2D eigenvalue weighted by Crippen LogP contribution is 2.55. The van der Waals surface area contributed by atoms with E-state index in [1.165, 1.54) is 11.1 Å². The van der Waals surface area contributed by atoms with Crippen LogP contribution in [0.5, 0.6) is 17.2 Å². The lowest BCUT2D eigenvalue weighted by atomic mass is 9.69. The number of likely N-dealkylation sites (N-methyl/N-ethyl adjacent to an activating group) is 1. The van der Waals surface area contributed by atoms with Gasteiger partial charge in [0.15, 0.2) is 11.5 Å². The Hall–Kier alpha value is -3.79. The SMILES string of the molecule is COc1ccc2c3c1O[C@H]1C[C@@H](OC/C=C/NC(=O)Oc4cccc5[nH]cc(CCN(C)C)c45)C=C[C@@]31CCN(C)C2. The molecule has 0 radical (unpaired) electrons. The molecule has 3 aliphatic rings. The number of amides is 1. The summed E-state index contributed by atoms with van der Waals surface area (Å²) in [5.41, 5.74) is 4.47. The third-order valence-electron chi connectivity index (χ3n) is 8.64. The third-order valence-corrected chi connectivity index (χ3v) is 8.64. The Morgan fingerprint density at radius 2 is 2.14 bits per heavy atom. The highest BCUT2D eigenvalue weighted by atomic mass is 16.6. The lowest BCUT2D eigenvalue weighted by molar-refractivity contribution is 0.0401. The molecule has 42 heavy (non-hydrogen) atoms. The molecule has 3 atom stereocenters. The summed E-state index contributed by atoms with van der Waals surface area (Å²) < 4.78 is 24.1. The molecule has 0 saturated carbocycles. The molecule has 0 saturated heterocycles. The molecule has 0 fully saturated rings. The van der Waals surface area contributed by atoms with Gasteiger partial charge in [-0.2, -0.15) is 0 Å². The van der Waals surface area contributed by atoms with Gasteiger partial charge in [0.25, 0.3) is 0 Å².